The highest BCUT2D eigenvalue weighted by Crippen LogP contribution is 2.33. The van der Waals surface area contributed by atoms with Gasteiger partial charge in [-0.15, -0.1) is 0 Å². The first-order valence-corrected chi connectivity index (χ1v) is 8.13. The molecule has 128 valence electrons. The summed E-state index contributed by atoms with van der Waals surface area (Å²) in [4.78, 5) is 14.5. The molecule has 0 bridgehead atoms. The van der Waals surface area contributed by atoms with Crippen molar-refractivity contribution in [3.8, 4) is 11.5 Å². The number of hydrogen-bond donors (Lipinski definition) is 2. The highest BCUT2D eigenvalue weighted by molar-refractivity contribution is 5.95. The standard InChI is InChI=1S/C18H27NO4/c1-12(2)9-14-11-19(8-7-18(14,3)22)17(21)13-5-6-15(20)16(10-13)23-4/h5-6,10,12,14,20,22H,7-9,11H2,1-4H3/t14-,18+/m1/s1. The van der Waals surface area contributed by atoms with E-state index < -0.39 is 5.60 Å². The summed E-state index contributed by atoms with van der Waals surface area (Å²) in [5.41, 5.74) is -0.238. The van der Waals surface area contributed by atoms with Crippen LogP contribution in [0.5, 0.6) is 11.5 Å². The lowest BCUT2D eigenvalue weighted by Crippen LogP contribution is -2.52. The van der Waals surface area contributed by atoms with Crippen molar-refractivity contribution in [2.75, 3.05) is 20.2 Å². The number of likely N-dealkylation sites (tertiary alicyclic amines) is 1. The molecule has 1 aromatic carbocycles. The van der Waals surface area contributed by atoms with Crippen LogP contribution >= 0.6 is 0 Å². The van der Waals surface area contributed by atoms with Crippen LogP contribution in [0.2, 0.25) is 0 Å². The molecule has 1 aliphatic rings. The Hall–Kier alpha value is -1.75. The average molecular weight is 321 g/mol. The van der Waals surface area contributed by atoms with Gasteiger partial charge in [0, 0.05) is 24.6 Å². The first-order chi connectivity index (χ1) is 10.7. The fraction of sp³-hybridized carbons (Fsp3) is 0.611. The van der Waals surface area contributed by atoms with E-state index in [2.05, 4.69) is 13.8 Å². The molecule has 1 aliphatic heterocycles. The predicted molar refractivity (Wildman–Crippen MR) is 88.7 cm³/mol. The smallest absolute Gasteiger partial charge is 0.254 e. The molecule has 2 atom stereocenters. The van der Waals surface area contributed by atoms with Gasteiger partial charge >= 0.3 is 0 Å². The summed E-state index contributed by atoms with van der Waals surface area (Å²) in [7, 11) is 1.46. The molecule has 0 aliphatic carbocycles. The topological polar surface area (TPSA) is 70.0 Å². The van der Waals surface area contributed by atoms with Crippen molar-refractivity contribution in [1.29, 1.82) is 0 Å². The number of carbonyl (C=O) groups is 1. The van der Waals surface area contributed by atoms with Crippen molar-refractivity contribution in [2.45, 2.75) is 39.2 Å². The molecule has 5 heteroatoms. The molecule has 1 aromatic rings. The van der Waals surface area contributed by atoms with E-state index in [0.29, 0.717) is 36.7 Å². The molecule has 0 aromatic heterocycles. The number of rotatable bonds is 4. The Kier molecular flexibility index (Phi) is 5.19. The van der Waals surface area contributed by atoms with Gasteiger partial charge in [0.2, 0.25) is 0 Å². The number of ether oxygens (including phenoxy) is 1. The Morgan fingerprint density at radius 2 is 2.17 bits per heavy atom. The maximum atomic E-state index is 12.7. The van der Waals surface area contributed by atoms with Crippen LogP contribution in [0.25, 0.3) is 0 Å². The fourth-order valence-corrected chi connectivity index (χ4v) is 3.19. The molecule has 1 saturated heterocycles. The third-order valence-corrected chi connectivity index (χ3v) is 4.68. The molecular weight excluding hydrogens is 294 g/mol. The number of carbonyl (C=O) groups excluding carboxylic acids is 1. The van der Waals surface area contributed by atoms with E-state index in [1.807, 2.05) is 6.92 Å². The Balaban J connectivity index is 2.16. The van der Waals surface area contributed by atoms with E-state index in [-0.39, 0.29) is 17.6 Å². The molecule has 2 rings (SSSR count). The van der Waals surface area contributed by atoms with E-state index in [0.717, 1.165) is 6.42 Å². The lowest BCUT2D eigenvalue weighted by Gasteiger charge is -2.43. The van der Waals surface area contributed by atoms with E-state index in [1.54, 1.807) is 17.0 Å². The Morgan fingerprint density at radius 3 is 2.78 bits per heavy atom. The van der Waals surface area contributed by atoms with Crippen LogP contribution in [0.1, 0.15) is 44.0 Å². The summed E-state index contributed by atoms with van der Waals surface area (Å²) in [5.74, 6) is 0.754. The highest BCUT2D eigenvalue weighted by atomic mass is 16.5. The van der Waals surface area contributed by atoms with Crippen molar-refractivity contribution in [3.63, 3.8) is 0 Å². The van der Waals surface area contributed by atoms with Gasteiger partial charge < -0.3 is 19.8 Å². The Labute approximate surface area is 137 Å². The van der Waals surface area contributed by atoms with Gasteiger partial charge in [0.05, 0.1) is 12.7 Å². The molecule has 1 heterocycles. The van der Waals surface area contributed by atoms with Crippen molar-refractivity contribution in [1.82, 2.24) is 4.90 Å². The minimum atomic E-state index is -0.728. The number of amides is 1. The molecule has 23 heavy (non-hydrogen) atoms. The number of piperidine rings is 1. The van der Waals surface area contributed by atoms with E-state index in [9.17, 15) is 15.0 Å². The Morgan fingerprint density at radius 1 is 1.48 bits per heavy atom. The normalized spacial score (nSPS) is 24.8. The summed E-state index contributed by atoms with van der Waals surface area (Å²) in [6, 6.07) is 4.63. The second kappa shape index (κ2) is 6.79. The monoisotopic (exact) mass is 321 g/mol. The molecule has 1 fully saturated rings. The van der Waals surface area contributed by atoms with Gasteiger partial charge in [-0.3, -0.25) is 4.79 Å². The van der Waals surface area contributed by atoms with Crippen LogP contribution in [0.3, 0.4) is 0 Å². The van der Waals surface area contributed by atoms with Crippen molar-refractivity contribution in [2.24, 2.45) is 11.8 Å². The quantitative estimate of drug-likeness (QED) is 0.894. The van der Waals surface area contributed by atoms with Gasteiger partial charge in [-0.25, -0.2) is 0 Å². The number of benzene rings is 1. The number of nitrogens with zero attached hydrogens (tertiary/aromatic N) is 1. The van der Waals surface area contributed by atoms with Crippen molar-refractivity contribution < 1.29 is 19.7 Å². The maximum Gasteiger partial charge on any atom is 0.254 e. The summed E-state index contributed by atoms with van der Waals surface area (Å²) in [5, 5.41) is 20.2. The first kappa shape index (κ1) is 17.6. The van der Waals surface area contributed by atoms with Crippen LogP contribution in [-0.2, 0) is 0 Å². The summed E-state index contributed by atoms with van der Waals surface area (Å²) < 4.78 is 5.07. The second-order valence-corrected chi connectivity index (χ2v) is 7.07. The second-order valence-electron chi connectivity index (χ2n) is 7.07. The molecular formula is C18H27NO4. The van der Waals surface area contributed by atoms with Gasteiger partial charge in [0.15, 0.2) is 11.5 Å². The zero-order valence-electron chi connectivity index (χ0n) is 14.4. The summed E-state index contributed by atoms with van der Waals surface area (Å²) in [6.07, 6.45) is 1.46. The van der Waals surface area contributed by atoms with Gasteiger partial charge in [0.25, 0.3) is 5.91 Å². The number of hydrogen-bond acceptors (Lipinski definition) is 4. The molecule has 0 saturated carbocycles. The van der Waals surface area contributed by atoms with Gasteiger partial charge in [0.1, 0.15) is 0 Å². The maximum absolute atomic E-state index is 12.7. The minimum Gasteiger partial charge on any atom is -0.504 e. The van der Waals surface area contributed by atoms with Crippen molar-refractivity contribution in [3.05, 3.63) is 23.8 Å². The SMILES string of the molecule is COc1cc(C(=O)N2CC[C@](C)(O)[C@H](CC(C)C)C2)ccc1O. The van der Waals surface area contributed by atoms with Gasteiger partial charge in [-0.05, 0) is 43.9 Å². The zero-order valence-corrected chi connectivity index (χ0v) is 14.4. The number of methoxy groups -OCH3 is 1. The van der Waals surface area contributed by atoms with Crippen LogP contribution in [-0.4, -0.2) is 46.8 Å². The average Bonchev–Trinajstić information content (AvgIpc) is 2.48. The molecule has 0 unspecified atom stereocenters. The summed E-state index contributed by atoms with van der Waals surface area (Å²) >= 11 is 0. The third kappa shape index (κ3) is 3.96. The van der Waals surface area contributed by atoms with Gasteiger partial charge in [-0.1, -0.05) is 13.8 Å². The van der Waals surface area contributed by atoms with Crippen LogP contribution in [0, 0.1) is 11.8 Å². The lowest BCUT2D eigenvalue weighted by atomic mass is 9.78. The Bertz CT molecular complexity index is 568. The van der Waals surface area contributed by atoms with E-state index >= 15 is 0 Å². The molecule has 0 radical (unpaired) electrons. The van der Waals surface area contributed by atoms with E-state index in [4.69, 9.17) is 4.74 Å². The first-order valence-electron chi connectivity index (χ1n) is 8.13. The fourth-order valence-electron chi connectivity index (χ4n) is 3.19. The van der Waals surface area contributed by atoms with Crippen molar-refractivity contribution >= 4 is 5.91 Å². The number of aliphatic hydroxyl groups is 1. The number of phenolic OH excluding ortho intramolecular Hbond substituents is 1. The van der Waals surface area contributed by atoms with Crippen LogP contribution < -0.4 is 4.74 Å². The van der Waals surface area contributed by atoms with Crippen LogP contribution in [0.4, 0.5) is 0 Å². The largest absolute Gasteiger partial charge is 0.504 e. The minimum absolute atomic E-state index is 0.0170. The third-order valence-electron chi connectivity index (χ3n) is 4.68. The molecule has 2 N–H and O–H groups in total. The van der Waals surface area contributed by atoms with E-state index in [1.165, 1.54) is 13.2 Å². The summed E-state index contributed by atoms with van der Waals surface area (Å²) in [6.45, 7) is 7.20. The van der Waals surface area contributed by atoms with Crippen LogP contribution in [0.15, 0.2) is 18.2 Å². The highest BCUT2D eigenvalue weighted by Gasteiger charge is 2.39. The van der Waals surface area contributed by atoms with Gasteiger partial charge in [-0.2, -0.15) is 0 Å². The molecule has 1 amide bonds. The molecule has 0 spiro atoms. The predicted octanol–water partition coefficient (Wildman–Crippen LogP) is 2.66. The lowest BCUT2D eigenvalue weighted by molar-refractivity contribution is -0.0577. The number of phenols is 1. The number of aromatic hydroxyl groups is 1. The molecule has 5 nitrogen and oxygen atoms in total. The zero-order chi connectivity index (χ0) is 17.2.